The summed E-state index contributed by atoms with van der Waals surface area (Å²) >= 11 is 23.7. The molecule has 2 rings (SSSR count). The molecule has 2 unspecified atom stereocenters. The minimum Gasteiger partial charge on any atom is -0.101 e. The summed E-state index contributed by atoms with van der Waals surface area (Å²) in [7, 11) is 0. The molecule has 0 aromatic heterocycles. The fraction of sp³-hybridized carbons (Fsp3) is 1.00. The Morgan fingerprint density at radius 2 is 1.07 bits per heavy atom. The summed E-state index contributed by atoms with van der Waals surface area (Å²) in [6.07, 6.45) is 6.63. The van der Waals surface area contributed by atoms with Gasteiger partial charge in [-0.3, -0.25) is 0 Å². The SMILES string of the molecule is ClC1(Cl)CC1CCCCC1CC1(Cl)Cl. The quantitative estimate of drug-likeness (QED) is 0.493. The molecule has 0 aliphatic heterocycles. The minimum absolute atomic E-state index is 0.400. The van der Waals surface area contributed by atoms with Crippen molar-refractivity contribution in [3.05, 3.63) is 0 Å². The van der Waals surface area contributed by atoms with E-state index in [0.29, 0.717) is 11.8 Å². The average Bonchev–Trinajstić information content (AvgIpc) is 2.84. The lowest BCUT2D eigenvalue weighted by atomic mass is 10.1. The fourth-order valence-electron chi connectivity index (χ4n) is 1.95. The van der Waals surface area contributed by atoms with Gasteiger partial charge in [0.15, 0.2) is 0 Å². The van der Waals surface area contributed by atoms with E-state index in [1.807, 2.05) is 0 Å². The second kappa shape index (κ2) is 3.87. The van der Waals surface area contributed by atoms with Crippen LogP contribution >= 0.6 is 46.4 Å². The van der Waals surface area contributed by atoms with Gasteiger partial charge >= 0.3 is 0 Å². The Morgan fingerprint density at radius 1 is 0.786 bits per heavy atom. The molecule has 82 valence electrons. The van der Waals surface area contributed by atoms with Crippen LogP contribution < -0.4 is 0 Å². The highest BCUT2D eigenvalue weighted by atomic mass is 35.5. The summed E-state index contributed by atoms with van der Waals surface area (Å²) in [6.45, 7) is 0. The Hall–Kier alpha value is 1.16. The summed E-state index contributed by atoms with van der Waals surface area (Å²) in [6, 6.07) is 0. The number of alkyl halides is 4. The average molecular weight is 276 g/mol. The van der Waals surface area contributed by atoms with E-state index < -0.39 is 8.67 Å². The van der Waals surface area contributed by atoms with Crippen molar-refractivity contribution in [2.75, 3.05) is 0 Å². The van der Waals surface area contributed by atoms with E-state index in [1.54, 1.807) is 0 Å². The maximum atomic E-state index is 5.93. The molecule has 2 aliphatic carbocycles. The van der Waals surface area contributed by atoms with E-state index in [-0.39, 0.29) is 0 Å². The Labute approximate surface area is 105 Å². The molecule has 0 saturated heterocycles. The van der Waals surface area contributed by atoms with Crippen molar-refractivity contribution in [3.8, 4) is 0 Å². The zero-order chi connectivity index (χ0) is 10.4. The highest BCUT2D eigenvalue weighted by Gasteiger charge is 2.52. The number of rotatable bonds is 5. The first-order valence-corrected chi connectivity index (χ1v) is 6.69. The minimum atomic E-state index is -0.400. The second-order valence-corrected chi connectivity index (χ2v) is 7.69. The van der Waals surface area contributed by atoms with Gasteiger partial charge in [0.05, 0.1) is 0 Å². The zero-order valence-corrected chi connectivity index (χ0v) is 10.9. The third kappa shape index (κ3) is 2.84. The summed E-state index contributed by atoms with van der Waals surface area (Å²) in [4.78, 5) is 0. The van der Waals surface area contributed by atoms with Crippen LogP contribution in [-0.2, 0) is 0 Å². The van der Waals surface area contributed by atoms with Gasteiger partial charge in [0.1, 0.15) is 8.67 Å². The third-order valence-electron chi connectivity index (χ3n) is 3.27. The smallest absolute Gasteiger partial charge is 0.101 e. The molecule has 0 spiro atoms. The normalized spacial score (nSPS) is 36.9. The van der Waals surface area contributed by atoms with Crippen molar-refractivity contribution in [3.63, 3.8) is 0 Å². The van der Waals surface area contributed by atoms with Crippen molar-refractivity contribution in [2.45, 2.75) is 47.2 Å². The van der Waals surface area contributed by atoms with E-state index in [1.165, 1.54) is 12.8 Å². The Bertz CT molecular complexity index is 200. The van der Waals surface area contributed by atoms with Crippen molar-refractivity contribution < 1.29 is 0 Å². The zero-order valence-electron chi connectivity index (χ0n) is 7.91. The van der Waals surface area contributed by atoms with Gasteiger partial charge in [0, 0.05) is 0 Å². The summed E-state index contributed by atoms with van der Waals surface area (Å²) in [5, 5.41) is 0. The lowest BCUT2D eigenvalue weighted by Crippen LogP contribution is -1.93. The number of hydrogen-bond donors (Lipinski definition) is 0. The van der Waals surface area contributed by atoms with E-state index in [2.05, 4.69) is 0 Å². The maximum absolute atomic E-state index is 5.93. The van der Waals surface area contributed by atoms with Crippen LogP contribution in [0.1, 0.15) is 38.5 Å². The standard InChI is InChI=1S/C10H14Cl4/c11-9(12)5-7(9)3-1-2-4-8-6-10(8,13)14/h7-8H,1-6H2. The lowest BCUT2D eigenvalue weighted by molar-refractivity contribution is 0.571. The highest BCUT2D eigenvalue weighted by Crippen LogP contribution is 2.57. The molecule has 0 aromatic rings. The maximum Gasteiger partial charge on any atom is 0.121 e. The van der Waals surface area contributed by atoms with Gasteiger partial charge in [0.25, 0.3) is 0 Å². The molecule has 0 nitrogen and oxygen atoms in total. The van der Waals surface area contributed by atoms with E-state index in [4.69, 9.17) is 46.4 Å². The van der Waals surface area contributed by atoms with Crippen molar-refractivity contribution in [2.24, 2.45) is 11.8 Å². The van der Waals surface area contributed by atoms with Gasteiger partial charge in [-0.1, -0.05) is 12.8 Å². The van der Waals surface area contributed by atoms with Gasteiger partial charge in [0.2, 0.25) is 0 Å². The molecular weight excluding hydrogens is 262 g/mol. The van der Waals surface area contributed by atoms with Crippen LogP contribution in [0.2, 0.25) is 0 Å². The van der Waals surface area contributed by atoms with Crippen molar-refractivity contribution >= 4 is 46.4 Å². The second-order valence-electron chi connectivity index (χ2n) is 4.61. The Balaban J connectivity index is 1.49. The summed E-state index contributed by atoms with van der Waals surface area (Å²) in [5.74, 6) is 1.06. The van der Waals surface area contributed by atoms with Gasteiger partial charge < -0.3 is 0 Å². The summed E-state index contributed by atoms with van der Waals surface area (Å²) in [5.41, 5.74) is 0. The van der Waals surface area contributed by atoms with E-state index in [0.717, 1.165) is 25.7 Å². The molecule has 0 radical (unpaired) electrons. The molecule has 4 heteroatoms. The number of hydrogen-bond acceptors (Lipinski definition) is 0. The molecule has 0 aromatic carbocycles. The molecule has 0 amide bonds. The Kier molecular flexibility index (Phi) is 3.22. The van der Waals surface area contributed by atoms with Crippen molar-refractivity contribution in [1.82, 2.24) is 0 Å². The first kappa shape index (κ1) is 11.6. The molecule has 2 saturated carbocycles. The number of halogens is 4. The molecule has 0 N–H and O–H groups in total. The summed E-state index contributed by atoms with van der Waals surface area (Å²) < 4.78 is -0.801. The molecule has 14 heavy (non-hydrogen) atoms. The predicted molar refractivity (Wildman–Crippen MR) is 63.6 cm³/mol. The van der Waals surface area contributed by atoms with Gasteiger partial charge in [-0.2, -0.15) is 0 Å². The Morgan fingerprint density at radius 3 is 1.29 bits per heavy atom. The molecule has 0 heterocycles. The molecular formula is C10H14Cl4. The highest BCUT2D eigenvalue weighted by molar-refractivity contribution is 6.51. The van der Waals surface area contributed by atoms with E-state index in [9.17, 15) is 0 Å². The topological polar surface area (TPSA) is 0 Å². The lowest BCUT2D eigenvalue weighted by Gasteiger charge is -2.01. The van der Waals surface area contributed by atoms with Gasteiger partial charge in [-0.15, -0.1) is 46.4 Å². The van der Waals surface area contributed by atoms with Crippen LogP contribution in [0, 0.1) is 11.8 Å². The largest absolute Gasteiger partial charge is 0.121 e. The fourth-order valence-corrected chi connectivity index (χ4v) is 3.13. The molecule has 2 atom stereocenters. The molecule has 2 aliphatic rings. The van der Waals surface area contributed by atoms with Crippen LogP contribution in [0.25, 0.3) is 0 Å². The third-order valence-corrected chi connectivity index (χ3v) is 5.12. The van der Waals surface area contributed by atoms with Crippen LogP contribution in [0.5, 0.6) is 0 Å². The van der Waals surface area contributed by atoms with Crippen LogP contribution in [-0.4, -0.2) is 8.67 Å². The van der Waals surface area contributed by atoms with Crippen LogP contribution in [0.15, 0.2) is 0 Å². The number of unbranched alkanes of at least 4 members (excludes halogenated alkanes) is 1. The molecule has 0 bridgehead atoms. The monoisotopic (exact) mass is 274 g/mol. The van der Waals surface area contributed by atoms with E-state index >= 15 is 0 Å². The van der Waals surface area contributed by atoms with Crippen LogP contribution in [0.4, 0.5) is 0 Å². The predicted octanol–water partition coefficient (Wildman–Crippen LogP) is 4.93. The first-order valence-electron chi connectivity index (χ1n) is 5.17. The first-order chi connectivity index (χ1) is 6.42. The van der Waals surface area contributed by atoms with Crippen molar-refractivity contribution in [1.29, 1.82) is 0 Å². The van der Waals surface area contributed by atoms with Gasteiger partial charge in [-0.05, 0) is 37.5 Å². The molecule has 2 fully saturated rings. The van der Waals surface area contributed by atoms with Gasteiger partial charge in [-0.25, -0.2) is 0 Å². The van der Waals surface area contributed by atoms with Crippen LogP contribution in [0.3, 0.4) is 0 Å².